The third-order valence-corrected chi connectivity index (χ3v) is 4.22. The molecule has 0 saturated carbocycles. The van der Waals surface area contributed by atoms with Gasteiger partial charge in [-0.1, -0.05) is 30.3 Å². The molecule has 1 aliphatic heterocycles. The summed E-state index contributed by atoms with van der Waals surface area (Å²) in [7, 11) is 2.00. The molecule has 0 aliphatic carbocycles. The maximum atomic E-state index is 12.5. The molecule has 5 heteroatoms. The summed E-state index contributed by atoms with van der Waals surface area (Å²) in [5.74, 6) is 0.234. The molecule has 4 nitrogen and oxygen atoms in total. The van der Waals surface area contributed by atoms with Gasteiger partial charge in [0.25, 0.3) is 0 Å². The Kier molecular flexibility index (Phi) is 8.46. The number of nitrogens with zero attached hydrogens (tertiary/aromatic N) is 2. The number of rotatable bonds is 6. The van der Waals surface area contributed by atoms with Crippen molar-refractivity contribution in [2.45, 2.75) is 32.4 Å². The van der Waals surface area contributed by atoms with Crippen LogP contribution in [0.3, 0.4) is 0 Å². The number of likely N-dealkylation sites (tertiary alicyclic amines) is 1. The Hall–Kier alpha value is -1.10. The van der Waals surface area contributed by atoms with E-state index < -0.39 is 0 Å². The number of amides is 1. The first-order chi connectivity index (χ1) is 10.2. The lowest BCUT2D eigenvalue weighted by molar-refractivity contribution is -0.133. The highest BCUT2D eigenvalue weighted by Gasteiger charge is 2.22. The summed E-state index contributed by atoms with van der Waals surface area (Å²) < 4.78 is 0. The molecule has 124 valence electrons. The zero-order valence-electron chi connectivity index (χ0n) is 13.6. The lowest BCUT2D eigenvalue weighted by atomic mass is 10.1. The van der Waals surface area contributed by atoms with Gasteiger partial charge in [0.05, 0.1) is 6.54 Å². The smallest absolute Gasteiger partial charge is 0.237 e. The molecule has 1 saturated heterocycles. The van der Waals surface area contributed by atoms with Gasteiger partial charge in [0.2, 0.25) is 5.91 Å². The van der Waals surface area contributed by atoms with Crippen LogP contribution in [0.15, 0.2) is 30.3 Å². The van der Waals surface area contributed by atoms with E-state index in [4.69, 9.17) is 0 Å². The van der Waals surface area contributed by atoms with Crippen LogP contribution in [0.25, 0.3) is 0 Å². The van der Waals surface area contributed by atoms with Gasteiger partial charge in [-0.05, 0) is 38.9 Å². The quantitative estimate of drug-likeness (QED) is 0.870. The van der Waals surface area contributed by atoms with Gasteiger partial charge in [-0.3, -0.25) is 9.69 Å². The van der Waals surface area contributed by atoms with Gasteiger partial charge in [-0.2, -0.15) is 0 Å². The first kappa shape index (κ1) is 18.9. The zero-order valence-corrected chi connectivity index (χ0v) is 14.4. The van der Waals surface area contributed by atoms with Crippen LogP contribution in [0.2, 0.25) is 0 Å². The second kappa shape index (κ2) is 9.82. The van der Waals surface area contributed by atoms with Crippen molar-refractivity contribution in [1.29, 1.82) is 0 Å². The van der Waals surface area contributed by atoms with Gasteiger partial charge in [0.1, 0.15) is 0 Å². The SMILES string of the molecule is CCN(Cc1ccccc1)C(=O)CN1CCCC(NC)C1.Cl. The molecule has 1 fully saturated rings. The Bertz CT molecular complexity index is 441. The van der Waals surface area contributed by atoms with Crippen molar-refractivity contribution in [3.8, 4) is 0 Å². The van der Waals surface area contributed by atoms with Gasteiger partial charge >= 0.3 is 0 Å². The standard InChI is InChI=1S/C17H27N3O.ClH/c1-3-20(12-15-8-5-4-6-9-15)17(21)14-19-11-7-10-16(13-19)18-2;/h4-6,8-9,16,18H,3,7,10-14H2,1-2H3;1H. The molecule has 0 bridgehead atoms. The van der Waals surface area contributed by atoms with E-state index in [1.54, 1.807) is 0 Å². The Balaban J connectivity index is 0.00000242. The number of piperidine rings is 1. The van der Waals surface area contributed by atoms with E-state index >= 15 is 0 Å². The molecule has 1 heterocycles. The highest BCUT2D eigenvalue weighted by molar-refractivity contribution is 5.85. The Morgan fingerprint density at radius 2 is 2.09 bits per heavy atom. The molecule has 0 radical (unpaired) electrons. The van der Waals surface area contributed by atoms with Crippen LogP contribution in [0.1, 0.15) is 25.3 Å². The van der Waals surface area contributed by atoms with E-state index in [-0.39, 0.29) is 18.3 Å². The van der Waals surface area contributed by atoms with Crippen LogP contribution in [0.5, 0.6) is 0 Å². The molecule has 1 atom stereocenters. The second-order valence-electron chi connectivity index (χ2n) is 5.76. The average Bonchev–Trinajstić information content (AvgIpc) is 2.53. The van der Waals surface area contributed by atoms with E-state index in [2.05, 4.69) is 22.3 Å². The van der Waals surface area contributed by atoms with Gasteiger partial charge in [0.15, 0.2) is 0 Å². The Morgan fingerprint density at radius 1 is 1.36 bits per heavy atom. The van der Waals surface area contributed by atoms with E-state index in [0.717, 1.165) is 19.6 Å². The minimum absolute atomic E-state index is 0. The molecule has 1 N–H and O–H groups in total. The Labute approximate surface area is 140 Å². The summed E-state index contributed by atoms with van der Waals surface area (Å²) in [6.45, 7) is 6.07. The fourth-order valence-electron chi connectivity index (χ4n) is 2.91. The third-order valence-electron chi connectivity index (χ3n) is 4.22. The number of hydrogen-bond acceptors (Lipinski definition) is 3. The van der Waals surface area contributed by atoms with Crippen molar-refractivity contribution in [1.82, 2.24) is 15.1 Å². The van der Waals surface area contributed by atoms with Crippen molar-refractivity contribution in [2.24, 2.45) is 0 Å². The molecule has 1 unspecified atom stereocenters. The predicted molar refractivity (Wildman–Crippen MR) is 93.3 cm³/mol. The maximum absolute atomic E-state index is 12.5. The van der Waals surface area contributed by atoms with E-state index in [1.807, 2.05) is 37.1 Å². The fourth-order valence-corrected chi connectivity index (χ4v) is 2.91. The third kappa shape index (κ3) is 5.59. The van der Waals surface area contributed by atoms with Crippen LogP contribution in [0.4, 0.5) is 0 Å². The number of likely N-dealkylation sites (N-methyl/N-ethyl adjacent to an activating group) is 2. The molecule has 2 rings (SSSR count). The second-order valence-corrected chi connectivity index (χ2v) is 5.76. The predicted octanol–water partition coefficient (Wildman–Crippen LogP) is 2.14. The van der Waals surface area contributed by atoms with Gasteiger partial charge in [0, 0.05) is 25.7 Å². The normalized spacial score (nSPS) is 18.5. The summed E-state index contributed by atoms with van der Waals surface area (Å²) in [5, 5.41) is 3.32. The summed E-state index contributed by atoms with van der Waals surface area (Å²) in [5.41, 5.74) is 1.19. The van der Waals surface area contributed by atoms with Gasteiger partial charge in [-0.15, -0.1) is 12.4 Å². The topological polar surface area (TPSA) is 35.6 Å². The highest BCUT2D eigenvalue weighted by atomic mass is 35.5. The molecule has 1 aromatic carbocycles. The minimum atomic E-state index is 0. The lowest BCUT2D eigenvalue weighted by Crippen LogP contribution is -2.48. The van der Waals surface area contributed by atoms with Crippen molar-refractivity contribution in [3.05, 3.63) is 35.9 Å². The maximum Gasteiger partial charge on any atom is 0.237 e. The number of carbonyl (C=O) groups is 1. The van der Waals surface area contributed by atoms with Crippen LogP contribution in [0, 0.1) is 0 Å². The summed E-state index contributed by atoms with van der Waals surface area (Å²) in [6.07, 6.45) is 2.38. The number of hydrogen-bond donors (Lipinski definition) is 1. The van der Waals surface area contributed by atoms with Crippen LogP contribution in [-0.4, -0.2) is 55.0 Å². The van der Waals surface area contributed by atoms with Gasteiger partial charge in [-0.25, -0.2) is 0 Å². The molecular weight excluding hydrogens is 298 g/mol. The first-order valence-electron chi connectivity index (χ1n) is 7.94. The van der Waals surface area contributed by atoms with E-state index in [0.29, 0.717) is 19.1 Å². The molecular formula is C17H28ClN3O. The summed E-state index contributed by atoms with van der Waals surface area (Å²) in [4.78, 5) is 16.7. The van der Waals surface area contributed by atoms with Crippen molar-refractivity contribution in [3.63, 3.8) is 0 Å². The van der Waals surface area contributed by atoms with Crippen LogP contribution >= 0.6 is 12.4 Å². The monoisotopic (exact) mass is 325 g/mol. The average molecular weight is 326 g/mol. The molecule has 0 aromatic heterocycles. The van der Waals surface area contributed by atoms with E-state index in [1.165, 1.54) is 18.4 Å². The first-order valence-corrected chi connectivity index (χ1v) is 7.94. The molecule has 1 aromatic rings. The molecule has 22 heavy (non-hydrogen) atoms. The highest BCUT2D eigenvalue weighted by Crippen LogP contribution is 2.11. The minimum Gasteiger partial charge on any atom is -0.338 e. The van der Waals surface area contributed by atoms with Crippen LogP contribution in [-0.2, 0) is 11.3 Å². The largest absolute Gasteiger partial charge is 0.338 e. The number of nitrogens with one attached hydrogen (secondary N) is 1. The number of benzene rings is 1. The Morgan fingerprint density at radius 3 is 2.73 bits per heavy atom. The van der Waals surface area contributed by atoms with Crippen molar-refractivity contribution >= 4 is 18.3 Å². The number of halogens is 1. The molecule has 1 aliphatic rings. The molecule has 0 spiro atoms. The van der Waals surface area contributed by atoms with E-state index in [9.17, 15) is 4.79 Å². The zero-order chi connectivity index (χ0) is 15.1. The fraction of sp³-hybridized carbons (Fsp3) is 0.588. The van der Waals surface area contributed by atoms with Crippen molar-refractivity contribution < 1.29 is 4.79 Å². The van der Waals surface area contributed by atoms with Crippen molar-refractivity contribution in [2.75, 3.05) is 33.2 Å². The van der Waals surface area contributed by atoms with Gasteiger partial charge < -0.3 is 10.2 Å². The van der Waals surface area contributed by atoms with Crippen LogP contribution < -0.4 is 5.32 Å². The summed E-state index contributed by atoms with van der Waals surface area (Å²) in [6, 6.07) is 10.7. The number of carbonyl (C=O) groups excluding carboxylic acids is 1. The summed E-state index contributed by atoms with van der Waals surface area (Å²) >= 11 is 0. The molecule has 1 amide bonds. The lowest BCUT2D eigenvalue weighted by Gasteiger charge is -2.33.